The van der Waals surface area contributed by atoms with Crippen LogP contribution in [0.4, 0.5) is 4.79 Å². The molecule has 0 aromatic rings. The SMILES string of the molecule is CCC(C)(CC(=O)NCCOP(=O)([O-])OCCCOC(C)=O)OCCC(C)(C)OCCNC(=O)NC. The summed E-state index contributed by atoms with van der Waals surface area (Å²) in [4.78, 5) is 45.8. The van der Waals surface area contributed by atoms with E-state index in [1.165, 1.54) is 14.0 Å². The minimum absolute atomic E-state index is 0.0212. The van der Waals surface area contributed by atoms with E-state index in [2.05, 4.69) is 25.2 Å². The van der Waals surface area contributed by atoms with E-state index in [-0.39, 0.29) is 51.1 Å². The average molecular weight is 541 g/mol. The van der Waals surface area contributed by atoms with Crippen molar-refractivity contribution in [3.8, 4) is 0 Å². The van der Waals surface area contributed by atoms with Gasteiger partial charge < -0.3 is 44.1 Å². The number of nitrogens with one attached hydrogen (secondary N) is 3. The summed E-state index contributed by atoms with van der Waals surface area (Å²) in [6.07, 6.45) is 1.46. The van der Waals surface area contributed by atoms with E-state index in [4.69, 9.17) is 14.0 Å². The fourth-order valence-corrected chi connectivity index (χ4v) is 3.45. The van der Waals surface area contributed by atoms with E-state index in [9.17, 15) is 23.8 Å². The summed E-state index contributed by atoms with van der Waals surface area (Å²) >= 11 is 0. The molecule has 2 unspecified atom stereocenters. The molecule has 0 rings (SSSR count). The maximum absolute atomic E-state index is 12.3. The van der Waals surface area contributed by atoms with E-state index in [0.717, 1.165) is 0 Å². The number of carbonyl (C=O) groups excluding carboxylic acids is 3. The van der Waals surface area contributed by atoms with E-state index >= 15 is 0 Å². The number of amides is 3. The van der Waals surface area contributed by atoms with Gasteiger partial charge in [-0.2, -0.15) is 0 Å². The van der Waals surface area contributed by atoms with Crippen LogP contribution in [0.1, 0.15) is 60.3 Å². The number of urea groups is 1. The van der Waals surface area contributed by atoms with Crippen LogP contribution in [0.3, 0.4) is 0 Å². The fourth-order valence-electron chi connectivity index (χ4n) is 2.71. The topological polar surface area (TPSA) is 174 Å². The van der Waals surface area contributed by atoms with Gasteiger partial charge in [-0.15, -0.1) is 0 Å². The normalized spacial score (nSPS) is 14.9. The van der Waals surface area contributed by atoms with E-state index < -0.39 is 25.0 Å². The van der Waals surface area contributed by atoms with Crippen LogP contribution in [0.15, 0.2) is 0 Å². The molecule has 0 aromatic carbocycles. The molecule has 0 aliphatic rings. The number of carbonyl (C=O) groups is 3. The highest BCUT2D eigenvalue weighted by atomic mass is 31.2. The van der Waals surface area contributed by atoms with Crippen LogP contribution in [0.2, 0.25) is 0 Å². The Hall–Kier alpha value is -1.76. The first-order valence-corrected chi connectivity index (χ1v) is 13.4. The van der Waals surface area contributed by atoms with Gasteiger partial charge in [-0.3, -0.25) is 14.2 Å². The van der Waals surface area contributed by atoms with Gasteiger partial charge in [-0.1, -0.05) is 6.92 Å². The summed E-state index contributed by atoms with van der Waals surface area (Å²) in [7, 11) is -2.98. The van der Waals surface area contributed by atoms with Crippen LogP contribution in [-0.2, 0) is 37.4 Å². The van der Waals surface area contributed by atoms with Gasteiger partial charge in [0, 0.05) is 33.5 Å². The quantitative estimate of drug-likeness (QED) is 0.116. The number of ether oxygens (including phenoxy) is 3. The monoisotopic (exact) mass is 540 g/mol. The molecule has 2 atom stereocenters. The Balaban J connectivity index is 4.21. The van der Waals surface area contributed by atoms with Crippen molar-refractivity contribution in [2.45, 2.75) is 71.5 Å². The Labute approximate surface area is 213 Å². The molecule has 13 nitrogen and oxygen atoms in total. The lowest BCUT2D eigenvalue weighted by Crippen LogP contribution is -2.39. The Morgan fingerprint density at radius 2 is 1.56 bits per heavy atom. The Kier molecular flexibility index (Phi) is 16.8. The molecule has 36 heavy (non-hydrogen) atoms. The van der Waals surface area contributed by atoms with Crippen LogP contribution in [0.5, 0.6) is 0 Å². The van der Waals surface area contributed by atoms with Gasteiger partial charge in [0.15, 0.2) is 0 Å². The van der Waals surface area contributed by atoms with Gasteiger partial charge in [0.05, 0.1) is 50.7 Å². The summed E-state index contributed by atoms with van der Waals surface area (Å²) in [5, 5.41) is 7.72. The molecule has 0 aliphatic heterocycles. The van der Waals surface area contributed by atoms with Crippen LogP contribution >= 0.6 is 7.82 Å². The highest BCUT2D eigenvalue weighted by Gasteiger charge is 2.28. The largest absolute Gasteiger partial charge is 0.756 e. The predicted octanol–water partition coefficient (Wildman–Crippen LogP) is 1.25. The summed E-state index contributed by atoms with van der Waals surface area (Å²) in [6.45, 7) is 9.50. The molecule has 0 aliphatic carbocycles. The minimum atomic E-state index is -4.51. The highest BCUT2D eigenvalue weighted by Crippen LogP contribution is 2.37. The summed E-state index contributed by atoms with van der Waals surface area (Å²) in [5.74, 6) is -0.764. The molecule has 0 heterocycles. The lowest BCUT2D eigenvalue weighted by atomic mass is 9.97. The molecular formula is C22H43N3O10P-. The van der Waals surface area contributed by atoms with Crippen LogP contribution < -0.4 is 20.8 Å². The van der Waals surface area contributed by atoms with Crippen LogP contribution in [0, 0.1) is 0 Å². The number of rotatable bonds is 20. The van der Waals surface area contributed by atoms with Crippen molar-refractivity contribution in [2.75, 3.05) is 53.2 Å². The van der Waals surface area contributed by atoms with Gasteiger partial charge in [-0.05, 0) is 33.6 Å². The van der Waals surface area contributed by atoms with Crippen molar-refractivity contribution in [1.82, 2.24) is 16.0 Å². The first-order valence-electron chi connectivity index (χ1n) is 12.0. The Morgan fingerprint density at radius 1 is 0.917 bits per heavy atom. The molecular weight excluding hydrogens is 497 g/mol. The first-order chi connectivity index (χ1) is 16.7. The number of esters is 1. The standard InChI is InChI=1S/C22H44N3O10P/c1-7-22(5,33-14-9-21(3,4)32-15-10-25-20(28)23-6)17-19(27)24-11-16-35-36(29,30)34-13-8-12-31-18(2)26/h7-17H2,1-6H3,(H,24,27)(H,29,30)(H2,23,25,28)/p-1. The van der Waals surface area contributed by atoms with Crippen molar-refractivity contribution in [3.05, 3.63) is 0 Å². The Morgan fingerprint density at radius 3 is 2.17 bits per heavy atom. The Bertz CT molecular complexity index is 722. The molecule has 0 aromatic heterocycles. The second-order valence-electron chi connectivity index (χ2n) is 8.85. The molecule has 0 spiro atoms. The first kappa shape index (κ1) is 34.2. The summed E-state index contributed by atoms with van der Waals surface area (Å²) in [5.41, 5.74) is -1.19. The van der Waals surface area contributed by atoms with E-state index in [1.807, 2.05) is 27.7 Å². The van der Waals surface area contributed by atoms with Gasteiger partial charge in [0.1, 0.15) is 0 Å². The number of hydrogen-bond donors (Lipinski definition) is 3. The van der Waals surface area contributed by atoms with Crippen molar-refractivity contribution in [3.63, 3.8) is 0 Å². The highest BCUT2D eigenvalue weighted by molar-refractivity contribution is 7.45. The maximum Gasteiger partial charge on any atom is 0.314 e. The lowest BCUT2D eigenvalue weighted by molar-refractivity contribution is -0.225. The lowest BCUT2D eigenvalue weighted by Gasteiger charge is -2.31. The van der Waals surface area contributed by atoms with Gasteiger partial charge >= 0.3 is 12.0 Å². The summed E-state index contributed by atoms with van der Waals surface area (Å²) < 4.78 is 37.5. The van der Waals surface area contributed by atoms with Crippen LogP contribution in [0.25, 0.3) is 0 Å². The maximum atomic E-state index is 12.3. The number of hydrogen-bond acceptors (Lipinski definition) is 10. The fraction of sp³-hybridized carbons (Fsp3) is 0.864. The molecule has 14 heteroatoms. The number of phosphoric ester groups is 1. The van der Waals surface area contributed by atoms with E-state index in [1.54, 1.807) is 0 Å². The molecule has 3 amide bonds. The summed E-state index contributed by atoms with van der Waals surface area (Å²) in [6, 6.07) is -0.272. The third-order valence-electron chi connectivity index (χ3n) is 5.06. The van der Waals surface area contributed by atoms with Crippen LogP contribution in [-0.4, -0.2) is 82.3 Å². The molecule has 0 radical (unpaired) electrons. The van der Waals surface area contributed by atoms with Gasteiger partial charge in [-0.25, -0.2) is 4.79 Å². The molecule has 0 fully saturated rings. The zero-order valence-corrected chi connectivity index (χ0v) is 23.2. The third kappa shape index (κ3) is 18.5. The van der Waals surface area contributed by atoms with Crippen molar-refractivity contribution in [2.24, 2.45) is 0 Å². The molecule has 212 valence electrons. The predicted molar refractivity (Wildman–Crippen MR) is 130 cm³/mol. The molecule has 0 saturated heterocycles. The second-order valence-corrected chi connectivity index (χ2v) is 10.3. The molecule has 0 bridgehead atoms. The van der Waals surface area contributed by atoms with Crippen molar-refractivity contribution in [1.29, 1.82) is 0 Å². The molecule has 3 N–H and O–H groups in total. The van der Waals surface area contributed by atoms with Crippen molar-refractivity contribution < 1.29 is 47.1 Å². The second kappa shape index (κ2) is 17.7. The molecule has 0 saturated carbocycles. The zero-order chi connectivity index (χ0) is 27.7. The third-order valence-corrected chi connectivity index (χ3v) is 6.06. The zero-order valence-electron chi connectivity index (χ0n) is 22.3. The van der Waals surface area contributed by atoms with Crippen molar-refractivity contribution >= 4 is 25.7 Å². The average Bonchev–Trinajstić information content (AvgIpc) is 2.78. The van der Waals surface area contributed by atoms with E-state index in [0.29, 0.717) is 32.6 Å². The minimum Gasteiger partial charge on any atom is -0.756 e. The number of phosphoric acid groups is 1. The smallest absolute Gasteiger partial charge is 0.314 e. The van der Waals surface area contributed by atoms with Gasteiger partial charge in [0.2, 0.25) is 5.91 Å². The van der Waals surface area contributed by atoms with Gasteiger partial charge in [0.25, 0.3) is 7.82 Å².